The predicted octanol–water partition coefficient (Wildman–Crippen LogP) is -0.494. The molecule has 0 bridgehead atoms. The number of rotatable bonds is 5. The lowest BCUT2D eigenvalue weighted by molar-refractivity contribution is -0.120. The van der Waals surface area contributed by atoms with E-state index in [1.165, 1.54) is 12.3 Å². The molecule has 2 amide bonds. The van der Waals surface area contributed by atoms with Gasteiger partial charge in [0.05, 0.1) is 18.9 Å². The first-order valence-corrected chi connectivity index (χ1v) is 4.86. The Labute approximate surface area is 92.6 Å². The van der Waals surface area contributed by atoms with Crippen molar-refractivity contribution in [3.05, 3.63) is 24.2 Å². The molecule has 0 aliphatic rings. The average molecular weight is 226 g/mol. The van der Waals surface area contributed by atoms with Crippen molar-refractivity contribution in [3.8, 4) is 0 Å². The molecule has 16 heavy (non-hydrogen) atoms. The van der Waals surface area contributed by atoms with Gasteiger partial charge >= 0.3 is 0 Å². The van der Waals surface area contributed by atoms with E-state index >= 15 is 0 Å². The molecule has 0 fully saturated rings. The highest BCUT2D eigenvalue weighted by atomic mass is 16.3. The molecule has 1 heterocycles. The van der Waals surface area contributed by atoms with Crippen LogP contribution in [0.4, 0.5) is 0 Å². The molecule has 3 N–H and O–H groups in total. The summed E-state index contributed by atoms with van der Waals surface area (Å²) < 4.78 is 4.84. The Bertz CT molecular complexity index is 346. The number of carbonyl (C=O) groups excluding carboxylic acids is 2. The smallest absolute Gasteiger partial charge is 0.287 e. The van der Waals surface area contributed by atoms with E-state index in [4.69, 9.17) is 9.52 Å². The van der Waals surface area contributed by atoms with Crippen LogP contribution in [0.1, 0.15) is 17.5 Å². The van der Waals surface area contributed by atoms with Crippen molar-refractivity contribution in [2.75, 3.05) is 13.1 Å². The van der Waals surface area contributed by atoms with Crippen LogP contribution < -0.4 is 10.6 Å². The Hall–Kier alpha value is -1.82. The van der Waals surface area contributed by atoms with Crippen LogP contribution in [0.5, 0.6) is 0 Å². The van der Waals surface area contributed by atoms with Crippen LogP contribution in [-0.4, -0.2) is 36.1 Å². The van der Waals surface area contributed by atoms with Gasteiger partial charge in [0.15, 0.2) is 5.76 Å². The number of aliphatic hydroxyl groups excluding tert-OH is 1. The second-order valence-corrected chi connectivity index (χ2v) is 3.31. The van der Waals surface area contributed by atoms with Crippen LogP contribution in [0.25, 0.3) is 0 Å². The maximum absolute atomic E-state index is 11.3. The third kappa shape index (κ3) is 4.14. The van der Waals surface area contributed by atoms with Crippen LogP contribution in [0.2, 0.25) is 0 Å². The molecule has 0 aliphatic heterocycles. The van der Waals surface area contributed by atoms with Gasteiger partial charge in [-0.25, -0.2) is 0 Å². The standard InChI is InChI=1S/C10H14N2O4/c1-7(13)5-11-9(14)6-12-10(15)8-3-2-4-16-8/h2-4,7,13H,5-6H2,1H3,(H,11,14)(H,12,15). The van der Waals surface area contributed by atoms with Crippen LogP contribution in [0.15, 0.2) is 22.8 Å². The molecule has 6 heteroatoms. The summed E-state index contributed by atoms with van der Waals surface area (Å²) in [5, 5.41) is 13.7. The minimum Gasteiger partial charge on any atom is -0.459 e. The highest BCUT2D eigenvalue weighted by Gasteiger charge is 2.09. The van der Waals surface area contributed by atoms with E-state index < -0.39 is 12.0 Å². The second-order valence-electron chi connectivity index (χ2n) is 3.31. The summed E-state index contributed by atoms with van der Waals surface area (Å²) in [5.74, 6) is -0.652. The van der Waals surface area contributed by atoms with Crippen LogP contribution in [0, 0.1) is 0 Å². The summed E-state index contributed by atoms with van der Waals surface area (Å²) in [4.78, 5) is 22.5. The lowest BCUT2D eigenvalue weighted by Gasteiger charge is -2.07. The first-order chi connectivity index (χ1) is 7.59. The Kier molecular flexibility index (Phi) is 4.53. The number of nitrogens with one attached hydrogen (secondary N) is 2. The van der Waals surface area contributed by atoms with Crippen molar-refractivity contribution >= 4 is 11.8 Å². The third-order valence-corrected chi connectivity index (χ3v) is 1.75. The third-order valence-electron chi connectivity index (χ3n) is 1.75. The maximum atomic E-state index is 11.3. The fraction of sp³-hybridized carbons (Fsp3) is 0.400. The monoisotopic (exact) mass is 226 g/mol. The summed E-state index contributed by atoms with van der Waals surface area (Å²) in [6, 6.07) is 3.09. The van der Waals surface area contributed by atoms with Crippen molar-refractivity contribution in [2.24, 2.45) is 0 Å². The Morgan fingerprint density at radius 1 is 1.50 bits per heavy atom. The molecule has 1 unspecified atom stereocenters. The number of hydrogen-bond acceptors (Lipinski definition) is 4. The molecule has 1 aromatic rings. The average Bonchev–Trinajstić information content (AvgIpc) is 2.76. The van der Waals surface area contributed by atoms with Crippen LogP contribution >= 0.6 is 0 Å². The van der Waals surface area contributed by atoms with Crippen molar-refractivity contribution in [1.29, 1.82) is 0 Å². The molecule has 1 atom stereocenters. The van der Waals surface area contributed by atoms with Gasteiger partial charge in [-0.05, 0) is 19.1 Å². The van der Waals surface area contributed by atoms with Crippen LogP contribution in [-0.2, 0) is 4.79 Å². The molecule has 0 saturated carbocycles. The molecule has 6 nitrogen and oxygen atoms in total. The summed E-state index contributed by atoms with van der Waals surface area (Å²) in [6.45, 7) is 1.57. The van der Waals surface area contributed by atoms with Crippen molar-refractivity contribution in [1.82, 2.24) is 10.6 Å². The van der Waals surface area contributed by atoms with Gasteiger partial charge < -0.3 is 20.2 Å². The Balaban J connectivity index is 2.24. The molecule has 0 saturated heterocycles. The van der Waals surface area contributed by atoms with Gasteiger partial charge in [0, 0.05) is 6.54 Å². The lowest BCUT2D eigenvalue weighted by atomic mass is 10.4. The highest BCUT2D eigenvalue weighted by Crippen LogP contribution is 1.98. The molecular formula is C10H14N2O4. The molecule has 0 radical (unpaired) electrons. The normalized spacial score (nSPS) is 11.9. The molecule has 1 rings (SSSR count). The molecule has 0 aromatic carbocycles. The van der Waals surface area contributed by atoms with Gasteiger partial charge in [0.2, 0.25) is 5.91 Å². The predicted molar refractivity (Wildman–Crippen MR) is 55.7 cm³/mol. The van der Waals surface area contributed by atoms with Crippen molar-refractivity contribution in [2.45, 2.75) is 13.0 Å². The minimum atomic E-state index is -0.607. The van der Waals surface area contributed by atoms with Gasteiger partial charge in [-0.3, -0.25) is 9.59 Å². The van der Waals surface area contributed by atoms with Gasteiger partial charge in [-0.1, -0.05) is 0 Å². The van der Waals surface area contributed by atoms with Gasteiger partial charge in [0.25, 0.3) is 5.91 Å². The summed E-state index contributed by atoms with van der Waals surface area (Å²) in [5.41, 5.74) is 0. The van der Waals surface area contributed by atoms with Gasteiger partial charge in [-0.2, -0.15) is 0 Å². The van der Waals surface area contributed by atoms with E-state index in [1.807, 2.05) is 0 Å². The van der Waals surface area contributed by atoms with E-state index in [0.29, 0.717) is 0 Å². The molecular weight excluding hydrogens is 212 g/mol. The Morgan fingerprint density at radius 2 is 2.25 bits per heavy atom. The summed E-state index contributed by atoms with van der Waals surface area (Å²) in [6.07, 6.45) is 0.771. The number of amides is 2. The van der Waals surface area contributed by atoms with Gasteiger partial charge in [-0.15, -0.1) is 0 Å². The minimum absolute atomic E-state index is 0.147. The first-order valence-electron chi connectivity index (χ1n) is 4.86. The molecule has 0 aliphatic carbocycles. The lowest BCUT2D eigenvalue weighted by Crippen LogP contribution is -2.39. The fourth-order valence-corrected chi connectivity index (χ4v) is 0.979. The number of hydrogen-bond donors (Lipinski definition) is 3. The second kappa shape index (κ2) is 5.92. The zero-order valence-corrected chi connectivity index (χ0v) is 8.90. The quantitative estimate of drug-likeness (QED) is 0.631. The van der Waals surface area contributed by atoms with E-state index in [2.05, 4.69) is 10.6 Å². The topological polar surface area (TPSA) is 91.6 Å². The van der Waals surface area contributed by atoms with Gasteiger partial charge in [0.1, 0.15) is 0 Å². The van der Waals surface area contributed by atoms with E-state index in [1.54, 1.807) is 13.0 Å². The Morgan fingerprint density at radius 3 is 2.81 bits per heavy atom. The number of carbonyl (C=O) groups is 2. The summed E-state index contributed by atoms with van der Waals surface area (Å²) >= 11 is 0. The molecule has 0 spiro atoms. The first kappa shape index (κ1) is 12.3. The summed E-state index contributed by atoms with van der Waals surface area (Å²) in [7, 11) is 0. The van der Waals surface area contributed by atoms with Crippen LogP contribution in [0.3, 0.4) is 0 Å². The van der Waals surface area contributed by atoms with Crippen molar-refractivity contribution in [3.63, 3.8) is 0 Å². The van der Waals surface area contributed by atoms with E-state index in [0.717, 1.165) is 0 Å². The molecule has 88 valence electrons. The number of furan rings is 1. The highest BCUT2D eigenvalue weighted by molar-refractivity contribution is 5.94. The maximum Gasteiger partial charge on any atom is 0.287 e. The van der Waals surface area contributed by atoms with Crippen molar-refractivity contribution < 1.29 is 19.1 Å². The largest absolute Gasteiger partial charge is 0.459 e. The SMILES string of the molecule is CC(O)CNC(=O)CNC(=O)c1ccco1. The zero-order valence-electron chi connectivity index (χ0n) is 8.90. The van der Waals surface area contributed by atoms with E-state index in [9.17, 15) is 9.59 Å². The zero-order chi connectivity index (χ0) is 12.0. The molecule has 1 aromatic heterocycles. The van der Waals surface area contributed by atoms with E-state index in [-0.39, 0.29) is 24.8 Å². The fourth-order valence-electron chi connectivity index (χ4n) is 0.979. The number of aliphatic hydroxyl groups is 1.